The second kappa shape index (κ2) is 10.1. The Morgan fingerprint density at radius 2 is 1.90 bits per heavy atom. The fourth-order valence-electron chi connectivity index (χ4n) is 4.19. The Kier molecular flexibility index (Phi) is 6.35. The van der Waals surface area contributed by atoms with Crippen LogP contribution in [0.1, 0.15) is 26.7 Å². The first-order chi connectivity index (χ1) is 19.3. The molecule has 6 rings (SSSR count). The predicted octanol–water partition coefficient (Wildman–Crippen LogP) is 6.74. The molecule has 0 aliphatic carbocycles. The minimum absolute atomic E-state index is 0.217. The normalized spacial score (nSPS) is 11.6. The van der Waals surface area contributed by atoms with Gasteiger partial charge in [0.05, 0.1) is 23.4 Å². The Labute approximate surface area is 229 Å². The Balaban J connectivity index is 1.31. The van der Waals surface area contributed by atoms with Gasteiger partial charge in [-0.15, -0.1) is 0 Å². The van der Waals surface area contributed by atoms with Crippen LogP contribution in [0, 0.1) is 0 Å². The van der Waals surface area contributed by atoms with E-state index in [0.29, 0.717) is 28.8 Å². The largest absolute Gasteiger partial charge is 0.484 e. The van der Waals surface area contributed by atoms with Gasteiger partial charge in [0.15, 0.2) is 12.4 Å². The second-order valence-corrected chi connectivity index (χ2v) is 10.1. The van der Waals surface area contributed by atoms with Gasteiger partial charge in [-0.1, -0.05) is 24.3 Å². The fraction of sp³-hybridized carbons (Fsp3) is 0.167. The Morgan fingerprint density at radius 1 is 1.02 bits per heavy atom. The molecule has 40 heavy (non-hydrogen) atoms. The SMILES string of the molecule is CC(C)(C)OC(=O)n1ncc2cc(Nc3nc(-c4cccc(OCc5ncco5)c4)nc4ccccc34)ccc21. The first-order valence-corrected chi connectivity index (χ1v) is 12.7. The molecule has 3 heterocycles. The third-order valence-corrected chi connectivity index (χ3v) is 5.94. The van der Waals surface area contributed by atoms with E-state index < -0.39 is 11.7 Å². The van der Waals surface area contributed by atoms with E-state index in [-0.39, 0.29) is 6.61 Å². The zero-order valence-corrected chi connectivity index (χ0v) is 22.2. The summed E-state index contributed by atoms with van der Waals surface area (Å²) in [6.07, 6.45) is 4.20. The molecule has 0 radical (unpaired) electrons. The summed E-state index contributed by atoms with van der Waals surface area (Å²) in [5, 5.41) is 9.32. The topological polar surface area (TPSA) is 117 Å². The lowest BCUT2D eigenvalue weighted by atomic mass is 10.1. The fourth-order valence-corrected chi connectivity index (χ4v) is 4.19. The van der Waals surface area contributed by atoms with Crippen molar-refractivity contribution < 1.29 is 18.7 Å². The molecule has 0 amide bonds. The van der Waals surface area contributed by atoms with E-state index in [2.05, 4.69) is 15.4 Å². The van der Waals surface area contributed by atoms with Crippen molar-refractivity contribution in [3.05, 3.63) is 91.3 Å². The molecule has 0 fully saturated rings. The minimum atomic E-state index is -0.620. The molecule has 3 aromatic carbocycles. The summed E-state index contributed by atoms with van der Waals surface area (Å²) in [6.45, 7) is 5.68. The first kappa shape index (κ1) is 25.1. The van der Waals surface area contributed by atoms with Crippen LogP contribution in [0.3, 0.4) is 0 Å². The van der Waals surface area contributed by atoms with Gasteiger partial charge in [-0.25, -0.2) is 19.7 Å². The van der Waals surface area contributed by atoms with Crippen LogP contribution in [-0.4, -0.2) is 36.4 Å². The van der Waals surface area contributed by atoms with Crippen molar-refractivity contribution in [3.63, 3.8) is 0 Å². The molecular weight excluding hydrogens is 508 g/mol. The third kappa shape index (κ3) is 5.32. The van der Waals surface area contributed by atoms with E-state index in [9.17, 15) is 4.79 Å². The molecule has 0 spiro atoms. The van der Waals surface area contributed by atoms with E-state index in [1.807, 2.05) is 87.5 Å². The highest BCUT2D eigenvalue weighted by Gasteiger charge is 2.20. The second-order valence-electron chi connectivity index (χ2n) is 10.1. The number of oxazole rings is 1. The number of fused-ring (bicyclic) bond motifs is 2. The zero-order valence-electron chi connectivity index (χ0n) is 22.2. The van der Waals surface area contributed by atoms with Gasteiger partial charge in [0, 0.05) is 22.0 Å². The Bertz CT molecular complexity index is 1820. The average Bonchev–Trinajstić information content (AvgIpc) is 3.61. The molecule has 10 nitrogen and oxygen atoms in total. The highest BCUT2D eigenvalue weighted by atomic mass is 16.6. The number of rotatable bonds is 6. The number of carbonyl (C=O) groups is 1. The van der Waals surface area contributed by atoms with Crippen LogP contribution >= 0.6 is 0 Å². The molecular formula is C30H26N6O4. The van der Waals surface area contributed by atoms with Crippen molar-refractivity contribution in [2.24, 2.45) is 0 Å². The van der Waals surface area contributed by atoms with Crippen molar-refractivity contribution in [2.45, 2.75) is 33.0 Å². The van der Waals surface area contributed by atoms with Gasteiger partial charge < -0.3 is 19.2 Å². The number of anilines is 2. The molecule has 3 aromatic heterocycles. The van der Waals surface area contributed by atoms with E-state index in [1.165, 1.54) is 10.9 Å². The maximum atomic E-state index is 12.6. The van der Waals surface area contributed by atoms with Gasteiger partial charge in [0.1, 0.15) is 23.4 Å². The van der Waals surface area contributed by atoms with Crippen molar-refractivity contribution in [3.8, 4) is 17.1 Å². The molecule has 0 aliphatic heterocycles. The summed E-state index contributed by atoms with van der Waals surface area (Å²) in [4.78, 5) is 26.3. The van der Waals surface area contributed by atoms with Gasteiger partial charge in [0.2, 0.25) is 5.89 Å². The maximum Gasteiger partial charge on any atom is 0.435 e. The lowest BCUT2D eigenvalue weighted by Gasteiger charge is -2.19. The number of aromatic nitrogens is 5. The highest BCUT2D eigenvalue weighted by Crippen LogP contribution is 2.30. The standard InChI is InChI=1S/C30H26N6O4/c1-30(2,3)40-29(37)36-25-12-11-21(15-20(25)17-32-36)33-28-23-9-4-5-10-24(23)34-27(35-28)19-7-6-8-22(16-19)39-18-26-31-13-14-38-26/h4-17H,18H2,1-3H3,(H,33,34,35). The molecule has 0 atom stereocenters. The lowest BCUT2D eigenvalue weighted by molar-refractivity contribution is 0.0522. The third-order valence-electron chi connectivity index (χ3n) is 5.94. The molecule has 1 N–H and O–H groups in total. The predicted molar refractivity (Wildman–Crippen MR) is 150 cm³/mol. The molecule has 200 valence electrons. The maximum absolute atomic E-state index is 12.6. The summed E-state index contributed by atoms with van der Waals surface area (Å²) in [5.74, 6) is 2.33. The summed E-state index contributed by atoms with van der Waals surface area (Å²) in [5.41, 5.74) is 2.40. The highest BCUT2D eigenvalue weighted by molar-refractivity contribution is 5.94. The van der Waals surface area contributed by atoms with E-state index in [1.54, 1.807) is 12.4 Å². The van der Waals surface area contributed by atoms with Crippen LogP contribution in [0.5, 0.6) is 5.75 Å². The Morgan fingerprint density at radius 3 is 2.73 bits per heavy atom. The molecule has 0 bridgehead atoms. The number of para-hydroxylation sites is 1. The quantitative estimate of drug-likeness (QED) is 0.248. The zero-order chi connectivity index (χ0) is 27.7. The summed E-state index contributed by atoms with van der Waals surface area (Å²) in [6, 6.07) is 21.0. The number of hydrogen-bond donors (Lipinski definition) is 1. The lowest BCUT2D eigenvalue weighted by Crippen LogP contribution is -2.27. The van der Waals surface area contributed by atoms with Crippen LogP contribution in [0.2, 0.25) is 0 Å². The van der Waals surface area contributed by atoms with E-state index in [4.69, 9.17) is 23.9 Å². The molecule has 6 aromatic rings. The molecule has 0 aliphatic rings. The monoisotopic (exact) mass is 534 g/mol. The summed E-state index contributed by atoms with van der Waals surface area (Å²) < 4.78 is 17.8. The van der Waals surface area contributed by atoms with Gasteiger partial charge in [-0.3, -0.25) is 0 Å². The molecule has 0 saturated heterocycles. The van der Waals surface area contributed by atoms with Gasteiger partial charge in [-0.2, -0.15) is 9.78 Å². The minimum Gasteiger partial charge on any atom is -0.484 e. The van der Waals surface area contributed by atoms with Crippen LogP contribution in [0.4, 0.5) is 16.3 Å². The van der Waals surface area contributed by atoms with Gasteiger partial charge in [0.25, 0.3) is 0 Å². The van der Waals surface area contributed by atoms with Crippen molar-refractivity contribution in [2.75, 3.05) is 5.32 Å². The number of carbonyl (C=O) groups excluding carboxylic acids is 1. The van der Waals surface area contributed by atoms with Gasteiger partial charge >= 0.3 is 6.09 Å². The summed E-state index contributed by atoms with van der Waals surface area (Å²) >= 11 is 0. The molecule has 0 unspecified atom stereocenters. The Hall–Kier alpha value is -5.25. The van der Waals surface area contributed by atoms with E-state index >= 15 is 0 Å². The number of benzene rings is 3. The number of nitrogens with zero attached hydrogens (tertiary/aromatic N) is 5. The van der Waals surface area contributed by atoms with Crippen LogP contribution in [0.15, 0.2) is 89.8 Å². The van der Waals surface area contributed by atoms with Crippen molar-refractivity contribution in [1.29, 1.82) is 0 Å². The van der Waals surface area contributed by atoms with Gasteiger partial charge in [-0.05, 0) is 63.2 Å². The van der Waals surface area contributed by atoms with E-state index in [0.717, 1.165) is 27.5 Å². The summed E-state index contributed by atoms with van der Waals surface area (Å²) in [7, 11) is 0. The number of hydrogen-bond acceptors (Lipinski definition) is 9. The van der Waals surface area contributed by atoms with Crippen molar-refractivity contribution in [1.82, 2.24) is 24.7 Å². The molecule has 0 saturated carbocycles. The number of ether oxygens (including phenoxy) is 2. The first-order valence-electron chi connectivity index (χ1n) is 12.7. The average molecular weight is 535 g/mol. The van der Waals surface area contributed by atoms with Crippen LogP contribution in [0.25, 0.3) is 33.2 Å². The molecule has 10 heteroatoms. The van der Waals surface area contributed by atoms with Crippen molar-refractivity contribution >= 4 is 39.4 Å². The number of nitrogens with one attached hydrogen (secondary N) is 1. The van der Waals surface area contributed by atoms with Crippen LogP contribution in [-0.2, 0) is 11.3 Å². The van der Waals surface area contributed by atoms with Crippen LogP contribution < -0.4 is 10.1 Å². The smallest absolute Gasteiger partial charge is 0.435 e.